The van der Waals surface area contributed by atoms with Crippen LogP contribution in [0.2, 0.25) is 0 Å². The second kappa shape index (κ2) is 31.1. The molecule has 3 unspecified atom stereocenters. The number of ketones is 1. The molecule has 3 atom stereocenters. The van der Waals surface area contributed by atoms with E-state index in [1.165, 1.54) is 31.8 Å². The molecule has 1 heterocycles. The topological polar surface area (TPSA) is 137 Å². The lowest BCUT2D eigenvalue weighted by Crippen LogP contribution is -2.55. The molecule has 2 fully saturated rings. The normalized spacial score (nSPS) is 16.3. The molecule has 2 rings (SSSR count). The van der Waals surface area contributed by atoms with E-state index in [2.05, 4.69) is 54.5 Å². The van der Waals surface area contributed by atoms with E-state index in [1.807, 2.05) is 32.6 Å². The molecule has 0 radical (unpaired) electrons. The van der Waals surface area contributed by atoms with E-state index in [-0.39, 0.29) is 30.9 Å². The molecule has 2 aliphatic rings. The SMILES string of the molecule is C#CCCC(CC(=O)C(=O)NCC=C)NC=O.CC.CC.CCC.CNC(=O)NC(C(=O)N1CCCC1C)C1CCCCC1. The number of nitrogens with one attached hydrogen (secondary N) is 4. The third kappa shape index (κ3) is 20.5. The highest BCUT2D eigenvalue weighted by atomic mass is 16.2. The first kappa shape index (κ1) is 45.1. The first-order chi connectivity index (χ1) is 21.2. The molecule has 5 amide bonds. The van der Waals surface area contributed by atoms with Gasteiger partial charge in [-0.15, -0.1) is 18.9 Å². The van der Waals surface area contributed by atoms with Crippen LogP contribution in [0, 0.1) is 18.3 Å². The maximum absolute atomic E-state index is 12.8. The molecule has 1 saturated heterocycles. The first-order valence-electron chi connectivity index (χ1n) is 16.5. The van der Waals surface area contributed by atoms with Crippen molar-refractivity contribution in [3.63, 3.8) is 0 Å². The van der Waals surface area contributed by atoms with E-state index in [9.17, 15) is 24.0 Å². The molecule has 1 aliphatic carbocycles. The molecular formula is C34H63N5O5. The lowest BCUT2D eigenvalue weighted by Gasteiger charge is -2.34. The fraction of sp³-hybridized carbons (Fsp3) is 0.735. The Balaban J connectivity index is -0.000000641. The zero-order valence-electron chi connectivity index (χ0n) is 28.9. The Bertz CT molecular complexity index is 836. The van der Waals surface area contributed by atoms with Gasteiger partial charge in [0.2, 0.25) is 18.1 Å². The number of Topliss-reactive ketones (excluding diaryl/α,β-unsaturated/α-hetero) is 1. The Morgan fingerprint density at radius 3 is 2.07 bits per heavy atom. The second-order valence-electron chi connectivity index (χ2n) is 10.2. The summed E-state index contributed by atoms with van der Waals surface area (Å²) in [6.07, 6.45) is 17.0. The number of hydrogen-bond acceptors (Lipinski definition) is 5. The van der Waals surface area contributed by atoms with Crippen LogP contribution in [0.4, 0.5) is 4.79 Å². The van der Waals surface area contributed by atoms with Crippen molar-refractivity contribution >= 4 is 30.0 Å². The average Bonchev–Trinajstić information content (AvgIpc) is 3.49. The third-order valence-electron chi connectivity index (χ3n) is 6.77. The Kier molecular flexibility index (Phi) is 31.9. The maximum Gasteiger partial charge on any atom is 0.315 e. The lowest BCUT2D eigenvalue weighted by atomic mass is 9.83. The second-order valence-corrected chi connectivity index (χ2v) is 10.2. The number of rotatable bonds is 12. The largest absolute Gasteiger partial charge is 0.355 e. The highest BCUT2D eigenvalue weighted by Crippen LogP contribution is 2.29. The van der Waals surface area contributed by atoms with Gasteiger partial charge in [0.15, 0.2) is 0 Å². The summed E-state index contributed by atoms with van der Waals surface area (Å²) >= 11 is 0. The minimum Gasteiger partial charge on any atom is -0.355 e. The summed E-state index contributed by atoms with van der Waals surface area (Å²) in [6.45, 7) is 18.8. The number of urea groups is 1. The smallest absolute Gasteiger partial charge is 0.315 e. The summed E-state index contributed by atoms with van der Waals surface area (Å²) < 4.78 is 0. The van der Waals surface area contributed by atoms with E-state index < -0.39 is 17.7 Å². The number of amides is 5. The molecule has 254 valence electrons. The van der Waals surface area contributed by atoms with Gasteiger partial charge in [0, 0.05) is 45.1 Å². The van der Waals surface area contributed by atoms with Gasteiger partial charge < -0.3 is 26.2 Å². The molecule has 10 heteroatoms. The van der Waals surface area contributed by atoms with E-state index >= 15 is 0 Å². The van der Waals surface area contributed by atoms with Crippen molar-refractivity contribution in [1.29, 1.82) is 0 Å². The molecule has 4 N–H and O–H groups in total. The average molecular weight is 622 g/mol. The standard InChI is InChI=1S/C15H27N3O2.C12H16N2O3.C3H8.2C2H6/c1-11-7-6-10-18(11)14(19)13(17-15(20)16-2)12-8-4-3-5-9-12;1-3-5-6-10(14-9-15)8-11(16)12(17)13-7-4-2;1-3-2;2*1-2/h11-13H,3-10H2,1-2H3,(H2,16,17,20);1,4,9-10H,2,5-8H2,(H,13,17)(H,14,15);3H2,1-2H3;2*1-2H3. The summed E-state index contributed by atoms with van der Waals surface area (Å²) in [7, 11) is 1.59. The van der Waals surface area contributed by atoms with Gasteiger partial charge in [0.1, 0.15) is 6.04 Å². The van der Waals surface area contributed by atoms with E-state index in [1.54, 1.807) is 7.05 Å². The van der Waals surface area contributed by atoms with E-state index in [0.717, 1.165) is 32.2 Å². The molecule has 44 heavy (non-hydrogen) atoms. The van der Waals surface area contributed by atoms with Crippen molar-refractivity contribution in [3.8, 4) is 12.3 Å². The summed E-state index contributed by atoms with van der Waals surface area (Å²) in [5.41, 5.74) is 0. The maximum atomic E-state index is 12.8. The van der Waals surface area contributed by atoms with E-state index in [4.69, 9.17) is 6.42 Å². The van der Waals surface area contributed by atoms with Crippen LogP contribution in [-0.2, 0) is 19.2 Å². The minimum atomic E-state index is -0.677. The predicted molar refractivity (Wildman–Crippen MR) is 181 cm³/mol. The van der Waals surface area contributed by atoms with Gasteiger partial charge in [-0.2, -0.15) is 0 Å². The number of carbonyl (C=O) groups excluding carboxylic acids is 5. The quantitative estimate of drug-likeness (QED) is 0.104. The Morgan fingerprint density at radius 2 is 1.61 bits per heavy atom. The number of terminal acetylenes is 1. The summed E-state index contributed by atoms with van der Waals surface area (Å²) in [6, 6.07) is -0.692. The van der Waals surface area contributed by atoms with Crippen LogP contribution < -0.4 is 21.3 Å². The van der Waals surface area contributed by atoms with Crippen LogP contribution in [0.3, 0.4) is 0 Å². The highest BCUT2D eigenvalue weighted by Gasteiger charge is 2.36. The Morgan fingerprint density at radius 1 is 1.02 bits per heavy atom. The highest BCUT2D eigenvalue weighted by molar-refractivity contribution is 6.36. The fourth-order valence-corrected chi connectivity index (χ4v) is 4.68. The van der Waals surface area contributed by atoms with Crippen LogP contribution in [0.1, 0.15) is 119 Å². The van der Waals surface area contributed by atoms with Crippen molar-refractivity contribution < 1.29 is 24.0 Å². The van der Waals surface area contributed by atoms with Crippen molar-refractivity contribution in [2.45, 2.75) is 137 Å². The molecule has 0 aromatic carbocycles. The van der Waals surface area contributed by atoms with Crippen LogP contribution in [0.15, 0.2) is 12.7 Å². The number of likely N-dealkylation sites (tertiary alicyclic amines) is 1. The van der Waals surface area contributed by atoms with Crippen molar-refractivity contribution in [3.05, 3.63) is 12.7 Å². The van der Waals surface area contributed by atoms with Gasteiger partial charge in [-0.1, -0.05) is 73.3 Å². The van der Waals surface area contributed by atoms with Crippen LogP contribution in [0.5, 0.6) is 0 Å². The number of carbonyl (C=O) groups is 5. The monoisotopic (exact) mass is 621 g/mol. The Labute approximate surface area is 268 Å². The first-order valence-corrected chi connectivity index (χ1v) is 16.5. The van der Waals surface area contributed by atoms with E-state index in [0.29, 0.717) is 31.2 Å². The molecule has 1 aliphatic heterocycles. The van der Waals surface area contributed by atoms with Crippen molar-refractivity contribution in [2.75, 3.05) is 20.1 Å². The molecule has 1 saturated carbocycles. The van der Waals surface area contributed by atoms with Gasteiger partial charge >= 0.3 is 6.03 Å². The zero-order valence-corrected chi connectivity index (χ0v) is 28.9. The summed E-state index contributed by atoms with van der Waals surface area (Å²) in [4.78, 5) is 59.4. The molecule has 0 aromatic rings. The lowest BCUT2D eigenvalue weighted by molar-refractivity contribution is -0.138. The molecule has 0 aromatic heterocycles. The third-order valence-corrected chi connectivity index (χ3v) is 6.77. The van der Waals surface area contributed by atoms with Crippen LogP contribution in [-0.4, -0.2) is 73.2 Å². The molecule has 10 nitrogen and oxygen atoms in total. The number of hydrogen-bond donors (Lipinski definition) is 4. The van der Waals surface area contributed by atoms with Gasteiger partial charge in [-0.25, -0.2) is 4.79 Å². The minimum absolute atomic E-state index is 0.0522. The van der Waals surface area contributed by atoms with Crippen molar-refractivity contribution in [1.82, 2.24) is 26.2 Å². The van der Waals surface area contributed by atoms with Gasteiger partial charge in [-0.05, 0) is 44.9 Å². The molecule has 0 bridgehead atoms. The van der Waals surface area contributed by atoms with Crippen molar-refractivity contribution in [2.24, 2.45) is 5.92 Å². The number of nitrogens with zero attached hydrogens (tertiary/aromatic N) is 1. The Hall–Kier alpha value is -3.35. The predicted octanol–water partition coefficient (Wildman–Crippen LogP) is 5.12. The summed E-state index contributed by atoms with van der Waals surface area (Å²) in [5.74, 6) is 1.56. The van der Waals surface area contributed by atoms with Gasteiger partial charge in [0.05, 0.1) is 0 Å². The van der Waals surface area contributed by atoms with Gasteiger partial charge in [-0.3, -0.25) is 19.2 Å². The summed E-state index contributed by atoms with van der Waals surface area (Å²) in [5, 5.41) is 10.3. The molecular weight excluding hydrogens is 558 g/mol. The van der Waals surface area contributed by atoms with Crippen LogP contribution >= 0.6 is 0 Å². The molecule has 0 spiro atoms. The van der Waals surface area contributed by atoms with Gasteiger partial charge in [0.25, 0.3) is 5.91 Å². The van der Waals surface area contributed by atoms with Crippen LogP contribution in [0.25, 0.3) is 0 Å². The zero-order chi connectivity index (χ0) is 34.3. The fourth-order valence-electron chi connectivity index (χ4n) is 4.68.